The zero-order valence-electron chi connectivity index (χ0n) is 8.30. The molecule has 0 saturated heterocycles. The van der Waals surface area contributed by atoms with Gasteiger partial charge in [-0.2, -0.15) is 0 Å². The minimum atomic E-state index is -4.75. The van der Waals surface area contributed by atoms with Crippen molar-refractivity contribution in [3.8, 4) is 0 Å². The minimum absolute atomic E-state index is 0. The molecular weight excluding hydrogens is 223 g/mol. The van der Waals surface area contributed by atoms with Gasteiger partial charge in [0.05, 0.1) is 12.5 Å². The first-order valence-electron chi connectivity index (χ1n) is 4.31. The Morgan fingerprint density at radius 1 is 1.43 bits per heavy atom. The van der Waals surface area contributed by atoms with Gasteiger partial charge in [0.2, 0.25) is 0 Å². The van der Waals surface area contributed by atoms with E-state index >= 15 is 0 Å². The molecule has 0 heterocycles. The molecule has 14 heavy (non-hydrogen) atoms. The molecule has 0 spiro atoms. The molecule has 0 radical (unpaired) electrons. The van der Waals surface area contributed by atoms with Crippen LogP contribution in [0.5, 0.6) is 0 Å². The summed E-state index contributed by atoms with van der Waals surface area (Å²) < 4.78 is 40.7. The Morgan fingerprint density at radius 2 is 1.93 bits per heavy atom. The summed E-state index contributed by atoms with van der Waals surface area (Å²) in [5, 5.41) is 0. The summed E-state index contributed by atoms with van der Waals surface area (Å²) in [5.41, 5.74) is 0. The maximum absolute atomic E-state index is 12.0. The predicted molar refractivity (Wildman–Crippen MR) is 42.2 cm³/mol. The van der Waals surface area contributed by atoms with E-state index in [4.69, 9.17) is 0 Å². The SMILES string of the molecule is CCOC(=O)C1CC([B-](F)(F)F)C1.[K+]. The Labute approximate surface area is 123 Å². The number of rotatable bonds is 3. The number of esters is 1. The number of ether oxygens (including phenoxy) is 1. The average molecular weight is 234 g/mol. The van der Waals surface area contributed by atoms with Gasteiger partial charge < -0.3 is 17.7 Å². The van der Waals surface area contributed by atoms with Gasteiger partial charge in [-0.25, -0.2) is 0 Å². The first-order chi connectivity index (χ1) is 5.95. The van der Waals surface area contributed by atoms with E-state index in [2.05, 4.69) is 4.74 Å². The van der Waals surface area contributed by atoms with E-state index in [1.54, 1.807) is 6.92 Å². The van der Waals surface area contributed by atoms with Crippen LogP contribution in [0.25, 0.3) is 0 Å². The smallest absolute Gasteiger partial charge is 0.466 e. The standard InChI is InChI=1S/C7H11BF3O2.K/c1-2-13-7(12)5-3-6(4-5)8(9,10)11;/h5-6H,2-4H2,1H3;/q-1;+1. The van der Waals surface area contributed by atoms with E-state index in [0.717, 1.165) is 0 Å². The summed E-state index contributed by atoms with van der Waals surface area (Å²) in [6.07, 6.45) is -0.162. The summed E-state index contributed by atoms with van der Waals surface area (Å²) in [6.45, 7) is -2.88. The molecule has 1 aliphatic rings. The van der Waals surface area contributed by atoms with Crippen LogP contribution >= 0.6 is 0 Å². The minimum Gasteiger partial charge on any atom is -0.466 e. The van der Waals surface area contributed by atoms with Gasteiger partial charge in [0, 0.05) is 0 Å². The number of halogens is 3. The van der Waals surface area contributed by atoms with Crippen LogP contribution < -0.4 is 51.4 Å². The Bertz CT molecular complexity index is 204. The third-order valence-electron chi connectivity index (χ3n) is 2.33. The number of hydrogen-bond acceptors (Lipinski definition) is 2. The van der Waals surface area contributed by atoms with Crippen LogP contribution in [0, 0.1) is 5.92 Å². The number of carbonyl (C=O) groups is 1. The van der Waals surface area contributed by atoms with Crippen LogP contribution in [0.2, 0.25) is 5.82 Å². The number of hydrogen-bond donors (Lipinski definition) is 0. The van der Waals surface area contributed by atoms with E-state index in [1.807, 2.05) is 0 Å². The largest absolute Gasteiger partial charge is 1.00 e. The molecular formula is C7H11BF3KO2. The molecule has 1 aliphatic carbocycles. The Kier molecular flexibility index (Phi) is 6.29. The maximum Gasteiger partial charge on any atom is 1.00 e. The van der Waals surface area contributed by atoms with Gasteiger partial charge in [-0.05, 0) is 6.92 Å². The fraction of sp³-hybridized carbons (Fsp3) is 0.857. The zero-order valence-corrected chi connectivity index (χ0v) is 11.4. The molecule has 0 bridgehead atoms. The second-order valence-corrected chi connectivity index (χ2v) is 3.31. The van der Waals surface area contributed by atoms with Gasteiger partial charge in [-0.3, -0.25) is 4.79 Å². The molecule has 0 aromatic rings. The van der Waals surface area contributed by atoms with Crippen LogP contribution in [-0.4, -0.2) is 19.6 Å². The summed E-state index contributed by atoms with van der Waals surface area (Å²) >= 11 is 0. The van der Waals surface area contributed by atoms with Gasteiger partial charge >= 0.3 is 64.3 Å². The van der Waals surface area contributed by atoms with Crippen LogP contribution in [0.1, 0.15) is 19.8 Å². The van der Waals surface area contributed by atoms with E-state index in [9.17, 15) is 17.7 Å². The molecule has 0 amide bonds. The molecule has 0 unspecified atom stereocenters. The molecule has 0 aliphatic heterocycles. The first-order valence-corrected chi connectivity index (χ1v) is 4.31. The Hall–Kier alpha value is 0.961. The molecule has 0 aromatic heterocycles. The van der Waals surface area contributed by atoms with Crippen molar-refractivity contribution in [3.63, 3.8) is 0 Å². The molecule has 1 rings (SSSR count). The van der Waals surface area contributed by atoms with Gasteiger partial charge in [-0.15, -0.1) is 0 Å². The fourth-order valence-corrected chi connectivity index (χ4v) is 1.42. The van der Waals surface area contributed by atoms with Crippen LogP contribution in [-0.2, 0) is 9.53 Å². The second-order valence-electron chi connectivity index (χ2n) is 3.31. The van der Waals surface area contributed by atoms with E-state index in [0.29, 0.717) is 0 Å². The molecule has 0 N–H and O–H groups in total. The van der Waals surface area contributed by atoms with Gasteiger partial charge in [-0.1, -0.05) is 18.7 Å². The molecule has 1 fully saturated rings. The normalized spacial score (nSPS) is 26.0. The molecule has 0 aromatic carbocycles. The van der Waals surface area contributed by atoms with Crippen LogP contribution in [0.4, 0.5) is 12.9 Å². The van der Waals surface area contributed by atoms with E-state index < -0.39 is 24.7 Å². The monoisotopic (exact) mass is 234 g/mol. The summed E-state index contributed by atoms with van der Waals surface area (Å²) in [5.74, 6) is -2.25. The maximum atomic E-state index is 12.0. The average Bonchev–Trinajstić information content (AvgIpc) is 1.79. The van der Waals surface area contributed by atoms with E-state index in [-0.39, 0.29) is 70.8 Å². The van der Waals surface area contributed by atoms with Crippen LogP contribution in [0.3, 0.4) is 0 Å². The molecule has 1 saturated carbocycles. The Balaban J connectivity index is 0.00000169. The Morgan fingerprint density at radius 3 is 2.29 bits per heavy atom. The first kappa shape index (κ1) is 15.0. The number of carbonyl (C=O) groups excluding carboxylic acids is 1. The van der Waals surface area contributed by atoms with Crippen molar-refractivity contribution in [3.05, 3.63) is 0 Å². The molecule has 0 atom stereocenters. The van der Waals surface area contributed by atoms with Crippen molar-refractivity contribution in [2.24, 2.45) is 5.92 Å². The topological polar surface area (TPSA) is 26.3 Å². The zero-order chi connectivity index (χ0) is 10.1. The van der Waals surface area contributed by atoms with Gasteiger partial charge in [0.1, 0.15) is 0 Å². The third-order valence-corrected chi connectivity index (χ3v) is 2.33. The fourth-order valence-electron chi connectivity index (χ4n) is 1.42. The van der Waals surface area contributed by atoms with Gasteiger partial charge in [0.15, 0.2) is 0 Å². The molecule has 76 valence electrons. The molecule has 7 heteroatoms. The quantitative estimate of drug-likeness (QED) is 0.471. The van der Waals surface area contributed by atoms with Crippen molar-refractivity contribution in [2.75, 3.05) is 6.61 Å². The van der Waals surface area contributed by atoms with Crippen molar-refractivity contribution in [1.82, 2.24) is 0 Å². The third kappa shape index (κ3) is 3.84. The van der Waals surface area contributed by atoms with E-state index in [1.165, 1.54) is 0 Å². The summed E-state index contributed by atoms with van der Waals surface area (Å²) in [4.78, 5) is 10.9. The van der Waals surface area contributed by atoms with Crippen LogP contribution in [0.15, 0.2) is 0 Å². The molecule has 2 nitrogen and oxygen atoms in total. The van der Waals surface area contributed by atoms with Gasteiger partial charge in [0.25, 0.3) is 0 Å². The van der Waals surface area contributed by atoms with Crippen molar-refractivity contribution < 1.29 is 73.9 Å². The summed E-state index contributed by atoms with van der Waals surface area (Å²) in [7, 11) is 0. The second kappa shape index (κ2) is 5.89. The van der Waals surface area contributed by atoms with Crippen molar-refractivity contribution in [2.45, 2.75) is 25.6 Å². The summed E-state index contributed by atoms with van der Waals surface area (Å²) in [6, 6.07) is 0. The van der Waals surface area contributed by atoms with Crippen molar-refractivity contribution in [1.29, 1.82) is 0 Å². The van der Waals surface area contributed by atoms with Crippen molar-refractivity contribution >= 4 is 12.9 Å². The predicted octanol–water partition coefficient (Wildman–Crippen LogP) is -0.819.